The Hall–Kier alpha value is -3.27. The summed E-state index contributed by atoms with van der Waals surface area (Å²) < 4.78 is 34.4. The van der Waals surface area contributed by atoms with E-state index in [0.717, 1.165) is 4.31 Å². The molecule has 2 atom stereocenters. The van der Waals surface area contributed by atoms with Gasteiger partial charge in [-0.05, 0) is 56.2 Å². The van der Waals surface area contributed by atoms with Crippen LogP contribution in [0.3, 0.4) is 0 Å². The molecule has 0 heterocycles. The van der Waals surface area contributed by atoms with Crippen LogP contribution in [0.4, 0.5) is 5.69 Å². The highest BCUT2D eigenvalue weighted by Crippen LogP contribution is 2.33. The first-order chi connectivity index (χ1) is 19.5. The van der Waals surface area contributed by atoms with Gasteiger partial charge < -0.3 is 15.0 Å². The van der Waals surface area contributed by atoms with Crippen LogP contribution in [0.2, 0.25) is 10.0 Å². The van der Waals surface area contributed by atoms with Crippen LogP contribution in [-0.2, 0) is 26.2 Å². The van der Waals surface area contributed by atoms with Gasteiger partial charge in [0.1, 0.15) is 18.3 Å². The van der Waals surface area contributed by atoms with Crippen LogP contribution in [-0.4, -0.2) is 50.9 Å². The standard InChI is InChI=1S/C30H35Cl2N3O5S/c1-5-21(3)33-30(37)26(6-2)34(19-23-24(31)15-12-16-25(23)32)29(36)20-35(27-17-10-11-18-28(27)40-4)41(38,39)22-13-8-7-9-14-22/h7-18,21,26H,5-6,19-20H2,1-4H3,(H,33,37). The van der Waals surface area contributed by atoms with E-state index in [1.165, 1.54) is 24.1 Å². The fraction of sp³-hybridized carbons (Fsp3) is 0.333. The van der Waals surface area contributed by atoms with Crippen LogP contribution in [0.5, 0.6) is 5.75 Å². The van der Waals surface area contributed by atoms with Gasteiger partial charge in [0, 0.05) is 28.2 Å². The molecule has 8 nitrogen and oxygen atoms in total. The minimum Gasteiger partial charge on any atom is -0.495 e. The molecule has 0 spiro atoms. The van der Waals surface area contributed by atoms with Gasteiger partial charge in [0.25, 0.3) is 10.0 Å². The predicted molar refractivity (Wildman–Crippen MR) is 163 cm³/mol. The van der Waals surface area contributed by atoms with Gasteiger partial charge in [-0.1, -0.05) is 73.4 Å². The molecule has 0 aliphatic rings. The number of hydrogen-bond donors (Lipinski definition) is 1. The number of carbonyl (C=O) groups is 2. The van der Waals surface area contributed by atoms with E-state index in [2.05, 4.69) is 5.32 Å². The summed E-state index contributed by atoms with van der Waals surface area (Å²) in [6.45, 7) is 4.89. The zero-order valence-electron chi connectivity index (χ0n) is 23.5. The normalized spacial score (nSPS) is 12.7. The van der Waals surface area contributed by atoms with Crippen molar-refractivity contribution >= 4 is 50.7 Å². The van der Waals surface area contributed by atoms with Gasteiger partial charge in [-0.25, -0.2) is 8.42 Å². The second kappa shape index (κ2) is 14.6. The summed E-state index contributed by atoms with van der Waals surface area (Å²) in [5.74, 6) is -0.701. The molecule has 0 radical (unpaired) electrons. The number of amides is 2. The van der Waals surface area contributed by atoms with Crippen LogP contribution in [0.1, 0.15) is 39.2 Å². The molecule has 3 aromatic carbocycles. The molecule has 0 aliphatic carbocycles. The minimum absolute atomic E-state index is 0.000888. The third kappa shape index (κ3) is 7.72. The molecular formula is C30H35Cl2N3O5S. The lowest BCUT2D eigenvalue weighted by Crippen LogP contribution is -2.53. The number of nitrogens with one attached hydrogen (secondary N) is 1. The summed E-state index contributed by atoms with van der Waals surface area (Å²) in [4.78, 5) is 28.9. The molecule has 2 amide bonds. The van der Waals surface area contributed by atoms with Crippen molar-refractivity contribution in [3.8, 4) is 5.75 Å². The van der Waals surface area contributed by atoms with E-state index >= 15 is 0 Å². The van der Waals surface area contributed by atoms with Gasteiger partial charge in [0.05, 0.1) is 17.7 Å². The zero-order valence-corrected chi connectivity index (χ0v) is 25.8. The number of nitrogens with zero attached hydrogens (tertiary/aromatic N) is 2. The molecule has 0 saturated carbocycles. The van der Waals surface area contributed by atoms with Crippen molar-refractivity contribution in [3.63, 3.8) is 0 Å². The molecule has 220 valence electrons. The fourth-order valence-corrected chi connectivity index (χ4v) is 6.25. The molecule has 0 aliphatic heterocycles. The third-order valence-corrected chi connectivity index (χ3v) is 9.22. The van der Waals surface area contributed by atoms with Crippen molar-refractivity contribution in [1.82, 2.24) is 10.2 Å². The van der Waals surface area contributed by atoms with Gasteiger partial charge in [-0.2, -0.15) is 0 Å². The maximum absolute atomic E-state index is 14.2. The van der Waals surface area contributed by atoms with Crippen molar-refractivity contribution in [2.24, 2.45) is 0 Å². The lowest BCUT2D eigenvalue weighted by Gasteiger charge is -2.34. The van der Waals surface area contributed by atoms with Gasteiger partial charge >= 0.3 is 0 Å². The van der Waals surface area contributed by atoms with E-state index < -0.39 is 28.5 Å². The van der Waals surface area contributed by atoms with Gasteiger partial charge in [0.15, 0.2) is 0 Å². The van der Waals surface area contributed by atoms with Crippen LogP contribution >= 0.6 is 23.2 Å². The molecule has 11 heteroatoms. The monoisotopic (exact) mass is 619 g/mol. The summed E-state index contributed by atoms with van der Waals surface area (Å²) in [7, 11) is -2.80. The van der Waals surface area contributed by atoms with Gasteiger partial charge in [-0.15, -0.1) is 0 Å². The Kier molecular flexibility index (Phi) is 11.5. The summed E-state index contributed by atoms with van der Waals surface area (Å²) in [5, 5.41) is 3.59. The van der Waals surface area contributed by atoms with Crippen LogP contribution < -0.4 is 14.4 Å². The van der Waals surface area contributed by atoms with Crippen LogP contribution in [0.25, 0.3) is 0 Å². The number of methoxy groups -OCH3 is 1. The van der Waals surface area contributed by atoms with E-state index in [-0.39, 0.29) is 41.2 Å². The quantitative estimate of drug-likeness (QED) is 0.256. The Morgan fingerprint density at radius 2 is 1.51 bits per heavy atom. The lowest BCUT2D eigenvalue weighted by atomic mass is 10.1. The topological polar surface area (TPSA) is 96.0 Å². The lowest BCUT2D eigenvalue weighted by molar-refractivity contribution is -0.140. The molecule has 0 aromatic heterocycles. The number of anilines is 1. The average Bonchev–Trinajstić information content (AvgIpc) is 2.97. The number of para-hydroxylation sites is 2. The first kappa shape index (κ1) is 32.2. The second-order valence-electron chi connectivity index (χ2n) is 9.46. The first-order valence-electron chi connectivity index (χ1n) is 13.3. The number of sulfonamides is 1. The van der Waals surface area contributed by atoms with Crippen molar-refractivity contribution in [3.05, 3.63) is 88.4 Å². The summed E-state index contributed by atoms with van der Waals surface area (Å²) in [5.41, 5.74) is 0.633. The summed E-state index contributed by atoms with van der Waals surface area (Å²) >= 11 is 12.9. The summed E-state index contributed by atoms with van der Waals surface area (Å²) in [6.07, 6.45) is 0.972. The maximum Gasteiger partial charge on any atom is 0.264 e. The molecule has 0 saturated heterocycles. The molecule has 0 fully saturated rings. The molecular weight excluding hydrogens is 585 g/mol. The van der Waals surface area contributed by atoms with Crippen molar-refractivity contribution < 1.29 is 22.7 Å². The Bertz CT molecular complexity index is 1430. The third-order valence-electron chi connectivity index (χ3n) is 6.74. The second-order valence-corrected chi connectivity index (χ2v) is 12.1. The molecule has 0 bridgehead atoms. The fourth-order valence-electron chi connectivity index (χ4n) is 4.28. The predicted octanol–water partition coefficient (Wildman–Crippen LogP) is 5.92. The number of benzene rings is 3. The molecule has 41 heavy (non-hydrogen) atoms. The summed E-state index contributed by atoms with van der Waals surface area (Å²) in [6, 6.07) is 18.3. The largest absolute Gasteiger partial charge is 0.495 e. The van der Waals surface area contributed by atoms with E-state index in [9.17, 15) is 18.0 Å². The van der Waals surface area contributed by atoms with Crippen molar-refractivity contribution in [2.45, 2.75) is 57.1 Å². The number of rotatable bonds is 13. The maximum atomic E-state index is 14.2. The van der Waals surface area contributed by atoms with E-state index in [1.54, 1.807) is 67.6 Å². The van der Waals surface area contributed by atoms with Gasteiger partial charge in [0.2, 0.25) is 11.8 Å². The van der Waals surface area contributed by atoms with E-state index in [1.807, 2.05) is 13.8 Å². The molecule has 1 N–H and O–H groups in total. The van der Waals surface area contributed by atoms with Crippen molar-refractivity contribution in [2.75, 3.05) is 18.0 Å². The Morgan fingerprint density at radius 3 is 2.10 bits per heavy atom. The minimum atomic E-state index is -4.23. The number of hydrogen-bond acceptors (Lipinski definition) is 5. The highest BCUT2D eigenvalue weighted by molar-refractivity contribution is 7.92. The average molecular weight is 621 g/mol. The number of ether oxygens (including phenoxy) is 1. The first-order valence-corrected chi connectivity index (χ1v) is 15.5. The molecule has 2 unspecified atom stereocenters. The number of halogens is 2. The van der Waals surface area contributed by atoms with E-state index in [0.29, 0.717) is 22.0 Å². The van der Waals surface area contributed by atoms with Crippen LogP contribution in [0.15, 0.2) is 77.7 Å². The Labute approximate surface area is 252 Å². The SMILES string of the molecule is CCC(C)NC(=O)C(CC)N(Cc1c(Cl)cccc1Cl)C(=O)CN(c1ccccc1OC)S(=O)(=O)c1ccccc1. The number of carbonyl (C=O) groups excluding carboxylic acids is 2. The highest BCUT2D eigenvalue weighted by Gasteiger charge is 2.35. The zero-order chi connectivity index (χ0) is 30.2. The van der Waals surface area contributed by atoms with Crippen LogP contribution in [0, 0.1) is 0 Å². The van der Waals surface area contributed by atoms with Crippen molar-refractivity contribution in [1.29, 1.82) is 0 Å². The van der Waals surface area contributed by atoms with E-state index in [4.69, 9.17) is 27.9 Å². The highest BCUT2D eigenvalue weighted by atomic mass is 35.5. The smallest absolute Gasteiger partial charge is 0.264 e. The van der Waals surface area contributed by atoms with Gasteiger partial charge in [-0.3, -0.25) is 13.9 Å². The molecule has 3 rings (SSSR count). The molecule has 3 aromatic rings. The Balaban J connectivity index is 2.13. The Morgan fingerprint density at radius 1 is 0.902 bits per heavy atom.